The number of fused-ring (bicyclic) bond motifs is 1. The average molecular weight is 190 g/mol. The van der Waals surface area contributed by atoms with Crippen LogP contribution in [0.2, 0.25) is 0 Å². The van der Waals surface area contributed by atoms with E-state index in [2.05, 4.69) is 11.9 Å². The Morgan fingerprint density at radius 3 is 2.57 bits per heavy atom. The molecule has 2 rings (SSSR count). The molecule has 0 saturated carbocycles. The zero-order chi connectivity index (χ0) is 10.1. The van der Waals surface area contributed by atoms with Gasteiger partial charge in [0.05, 0.1) is 11.4 Å². The Bertz CT molecular complexity index is 361. The van der Waals surface area contributed by atoms with Crippen molar-refractivity contribution in [2.75, 3.05) is 29.9 Å². The second-order valence-electron chi connectivity index (χ2n) is 3.45. The van der Waals surface area contributed by atoms with Gasteiger partial charge in [-0.1, -0.05) is 12.1 Å². The predicted molar refractivity (Wildman–Crippen MR) is 59.0 cm³/mol. The van der Waals surface area contributed by atoms with E-state index in [0.29, 0.717) is 0 Å². The van der Waals surface area contributed by atoms with E-state index < -0.39 is 0 Å². The maximum Gasteiger partial charge on any atom is 0.193 e. The van der Waals surface area contributed by atoms with Gasteiger partial charge in [0.1, 0.15) is 0 Å². The molecule has 1 aliphatic heterocycles. The molecule has 1 aliphatic rings. The van der Waals surface area contributed by atoms with Gasteiger partial charge in [0, 0.05) is 20.1 Å². The number of nitrogens with two attached hydrogens (primary N) is 1. The van der Waals surface area contributed by atoms with Crippen molar-refractivity contribution in [1.29, 1.82) is 5.41 Å². The van der Waals surface area contributed by atoms with Crippen LogP contribution in [-0.4, -0.2) is 26.1 Å². The minimum Gasteiger partial charge on any atom is -0.371 e. The number of nitrogens with one attached hydrogen (secondary N) is 1. The van der Waals surface area contributed by atoms with Crippen molar-refractivity contribution in [1.82, 2.24) is 0 Å². The number of benzene rings is 1. The van der Waals surface area contributed by atoms with Gasteiger partial charge < -0.3 is 15.5 Å². The van der Waals surface area contributed by atoms with Crippen molar-refractivity contribution in [3.05, 3.63) is 24.3 Å². The number of likely N-dealkylation sites (N-methyl/N-ethyl adjacent to an activating group) is 1. The number of hydrogen-bond acceptors (Lipinski definition) is 2. The fourth-order valence-electron chi connectivity index (χ4n) is 1.76. The monoisotopic (exact) mass is 190 g/mol. The Kier molecular flexibility index (Phi) is 2.04. The van der Waals surface area contributed by atoms with Crippen LogP contribution in [0.4, 0.5) is 11.4 Å². The molecule has 0 aliphatic carbocycles. The third-order valence-corrected chi connectivity index (χ3v) is 2.53. The number of guanidine groups is 1. The first-order valence-electron chi connectivity index (χ1n) is 4.62. The summed E-state index contributed by atoms with van der Waals surface area (Å²) >= 11 is 0. The molecule has 0 unspecified atom stereocenters. The van der Waals surface area contributed by atoms with Crippen LogP contribution in [-0.2, 0) is 0 Å². The summed E-state index contributed by atoms with van der Waals surface area (Å²) in [5.41, 5.74) is 7.67. The van der Waals surface area contributed by atoms with Crippen molar-refractivity contribution < 1.29 is 0 Å². The summed E-state index contributed by atoms with van der Waals surface area (Å²) < 4.78 is 0. The summed E-state index contributed by atoms with van der Waals surface area (Å²) in [5.74, 6) is 0.116. The van der Waals surface area contributed by atoms with Crippen molar-refractivity contribution >= 4 is 17.3 Å². The Morgan fingerprint density at radius 1 is 1.29 bits per heavy atom. The van der Waals surface area contributed by atoms with Gasteiger partial charge in [-0.25, -0.2) is 0 Å². The van der Waals surface area contributed by atoms with Crippen LogP contribution < -0.4 is 15.5 Å². The summed E-state index contributed by atoms with van der Waals surface area (Å²) in [5, 5.41) is 7.47. The van der Waals surface area contributed by atoms with E-state index >= 15 is 0 Å². The molecule has 1 heterocycles. The third-order valence-electron chi connectivity index (χ3n) is 2.53. The highest BCUT2D eigenvalue weighted by molar-refractivity contribution is 5.97. The van der Waals surface area contributed by atoms with Gasteiger partial charge in [-0.05, 0) is 12.1 Å². The highest BCUT2D eigenvalue weighted by Gasteiger charge is 2.20. The molecule has 74 valence electrons. The van der Waals surface area contributed by atoms with Gasteiger partial charge in [-0.2, -0.15) is 0 Å². The van der Waals surface area contributed by atoms with Crippen LogP contribution in [0.1, 0.15) is 0 Å². The highest BCUT2D eigenvalue weighted by atomic mass is 15.3. The molecule has 0 amide bonds. The molecule has 3 N–H and O–H groups in total. The lowest BCUT2D eigenvalue weighted by Crippen LogP contribution is -2.45. The maximum atomic E-state index is 7.47. The van der Waals surface area contributed by atoms with E-state index in [1.807, 2.05) is 29.2 Å². The number of nitrogens with zero attached hydrogens (tertiary/aromatic N) is 2. The molecule has 0 radical (unpaired) electrons. The van der Waals surface area contributed by atoms with E-state index in [4.69, 9.17) is 11.1 Å². The minimum atomic E-state index is 0.116. The lowest BCUT2D eigenvalue weighted by Gasteiger charge is -2.35. The number of rotatable bonds is 0. The quantitative estimate of drug-likeness (QED) is 0.471. The zero-order valence-electron chi connectivity index (χ0n) is 8.20. The molecule has 0 bridgehead atoms. The van der Waals surface area contributed by atoms with Gasteiger partial charge in [-0.3, -0.25) is 5.41 Å². The van der Waals surface area contributed by atoms with E-state index in [9.17, 15) is 0 Å². The molecule has 4 nitrogen and oxygen atoms in total. The number of para-hydroxylation sites is 2. The first kappa shape index (κ1) is 8.87. The van der Waals surface area contributed by atoms with Crippen LogP contribution in [0.25, 0.3) is 0 Å². The lowest BCUT2D eigenvalue weighted by atomic mass is 10.2. The predicted octanol–water partition coefficient (Wildman–Crippen LogP) is 0.836. The second-order valence-corrected chi connectivity index (χ2v) is 3.45. The molecular weight excluding hydrogens is 176 g/mol. The summed E-state index contributed by atoms with van der Waals surface area (Å²) in [6, 6.07) is 8.00. The fraction of sp³-hybridized carbons (Fsp3) is 0.300. The minimum absolute atomic E-state index is 0.116. The largest absolute Gasteiger partial charge is 0.371 e. The number of hydrogen-bond donors (Lipinski definition) is 2. The van der Waals surface area contributed by atoms with E-state index in [-0.39, 0.29) is 5.96 Å². The van der Waals surface area contributed by atoms with Crippen LogP contribution in [0.3, 0.4) is 0 Å². The van der Waals surface area contributed by atoms with Crippen LogP contribution in [0, 0.1) is 5.41 Å². The molecular formula is C10H14N4. The topological polar surface area (TPSA) is 56.4 Å². The van der Waals surface area contributed by atoms with Crippen LogP contribution in [0.5, 0.6) is 0 Å². The average Bonchev–Trinajstić information content (AvgIpc) is 2.18. The van der Waals surface area contributed by atoms with Crippen LogP contribution >= 0.6 is 0 Å². The lowest BCUT2D eigenvalue weighted by molar-refractivity contribution is 0.828. The summed E-state index contributed by atoms with van der Waals surface area (Å²) in [4.78, 5) is 4.00. The molecule has 1 aromatic rings. The van der Waals surface area contributed by atoms with Gasteiger partial charge in [-0.15, -0.1) is 0 Å². The second kappa shape index (κ2) is 3.21. The first-order valence-corrected chi connectivity index (χ1v) is 4.62. The Hall–Kier alpha value is -1.71. The molecule has 1 aromatic carbocycles. The van der Waals surface area contributed by atoms with Gasteiger partial charge in [0.2, 0.25) is 0 Å². The number of anilines is 2. The van der Waals surface area contributed by atoms with E-state index in [0.717, 1.165) is 24.5 Å². The summed E-state index contributed by atoms with van der Waals surface area (Å²) in [6.45, 7) is 1.68. The van der Waals surface area contributed by atoms with Crippen molar-refractivity contribution in [3.63, 3.8) is 0 Å². The standard InChI is InChI=1S/C10H14N4/c1-13-6-7-14(10(11)12)9-5-3-2-4-8(9)13/h2-5H,6-7H2,1H3,(H3,11,12). The van der Waals surface area contributed by atoms with Gasteiger partial charge in [0.25, 0.3) is 0 Å². The van der Waals surface area contributed by atoms with E-state index in [1.54, 1.807) is 0 Å². The zero-order valence-corrected chi connectivity index (χ0v) is 8.20. The van der Waals surface area contributed by atoms with Gasteiger partial charge in [0.15, 0.2) is 5.96 Å². The Balaban J connectivity index is 2.46. The van der Waals surface area contributed by atoms with Crippen molar-refractivity contribution in [2.24, 2.45) is 5.73 Å². The first-order chi connectivity index (χ1) is 6.70. The normalized spacial score (nSPS) is 15.2. The molecule has 0 spiro atoms. The molecule has 0 aromatic heterocycles. The van der Waals surface area contributed by atoms with Crippen molar-refractivity contribution in [2.45, 2.75) is 0 Å². The molecule has 4 heteroatoms. The molecule has 0 fully saturated rings. The van der Waals surface area contributed by atoms with Gasteiger partial charge >= 0.3 is 0 Å². The smallest absolute Gasteiger partial charge is 0.193 e. The summed E-state index contributed by atoms with van der Waals surface area (Å²) in [7, 11) is 2.05. The summed E-state index contributed by atoms with van der Waals surface area (Å²) in [6.07, 6.45) is 0. The fourth-order valence-corrected chi connectivity index (χ4v) is 1.76. The third kappa shape index (κ3) is 1.28. The molecule has 0 atom stereocenters. The molecule has 14 heavy (non-hydrogen) atoms. The van der Waals surface area contributed by atoms with Crippen LogP contribution in [0.15, 0.2) is 24.3 Å². The Morgan fingerprint density at radius 2 is 1.93 bits per heavy atom. The molecule has 0 saturated heterocycles. The highest BCUT2D eigenvalue weighted by Crippen LogP contribution is 2.31. The maximum absolute atomic E-state index is 7.47. The Labute approximate surface area is 83.4 Å². The van der Waals surface area contributed by atoms with E-state index in [1.165, 1.54) is 0 Å². The SMILES string of the molecule is CN1CCN(C(=N)N)c2ccccc21. The van der Waals surface area contributed by atoms with Crippen molar-refractivity contribution in [3.8, 4) is 0 Å².